The summed E-state index contributed by atoms with van der Waals surface area (Å²) in [6, 6.07) is 15.5. The minimum atomic E-state index is -0.298. The summed E-state index contributed by atoms with van der Waals surface area (Å²) in [5.74, 6) is 1.27. The third-order valence-electron chi connectivity index (χ3n) is 3.98. The van der Waals surface area contributed by atoms with Crippen LogP contribution in [-0.4, -0.2) is 34.0 Å². The van der Waals surface area contributed by atoms with Crippen LogP contribution in [0.3, 0.4) is 0 Å². The lowest BCUT2D eigenvalue weighted by Gasteiger charge is -2.12. The van der Waals surface area contributed by atoms with Crippen LogP contribution in [-0.2, 0) is 6.61 Å². The van der Waals surface area contributed by atoms with E-state index in [9.17, 15) is 4.79 Å². The molecule has 3 aromatic rings. The van der Waals surface area contributed by atoms with Crippen LogP contribution < -0.4 is 15.0 Å². The first kappa shape index (κ1) is 20.6. The molecule has 0 atom stereocenters. The molecule has 1 aromatic heterocycles. The highest BCUT2D eigenvalue weighted by Gasteiger charge is 2.09. The van der Waals surface area contributed by atoms with Gasteiger partial charge < -0.3 is 9.47 Å². The molecular formula is C21H22N4O3S. The average molecular weight is 410 g/mol. The smallest absolute Gasteiger partial charge is 0.296 e. The Morgan fingerprint density at radius 2 is 1.90 bits per heavy atom. The number of nitrogens with zero attached hydrogens (tertiary/aromatic N) is 4. The Morgan fingerprint density at radius 3 is 2.62 bits per heavy atom. The number of rotatable bonds is 8. The van der Waals surface area contributed by atoms with Crippen LogP contribution in [0.25, 0.3) is 0 Å². The second-order valence-corrected chi connectivity index (χ2v) is 6.82. The van der Waals surface area contributed by atoms with Gasteiger partial charge in [0.05, 0.1) is 12.8 Å². The van der Waals surface area contributed by atoms with E-state index in [2.05, 4.69) is 15.3 Å². The molecule has 1 heterocycles. The Morgan fingerprint density at radius 1 is 1.10 bits per heavy atom. The number of aromatic nitrogens is 3. The van der Waals surface area contributed by atoms with Gasteiger partial charge in [0.1, 0.15) is 12.3 Å². The Balaban J connectivity index is 1.84. The van der Waals surface area contributed by atoms with Crippen molar-refractivity contribution in [3.8, 4) is 11.5 Å². The molecule has 0 saturated carbocycles. The molecule has 0 aliphatic heterocycles. The van der Waals surface area contributed by atoms with Crippen LogP contribution in [0.1, 0.15) is 23.7 Å². The van der Waals surface area contributed by atoms with Gasteiger partial charge in [-0.25, -0.2) is 0 Å². The average Bonchev–Trinajstić information content (AvgIpc) is 2.75. The molecule has 0 radical (unpaired) electrons. The molecule has 0 fully saturated rings. The first-order chi connectivity index (χ1) is 14.1. The molecule has 0 unspecified atom stereocenters. The molecule has 0 N–H and O–H groups in total. The number of benzene rings is 2. The lowest BCUT2D eigenvalue weighted by atomic mass is 10.2. The minimum absolute atomic E-state index is 0.291. The van der Waals surface area contributed by atoms with Gasteiger partial charge in [-0.15, -0.1) is 10.2 Å². The number of ether oxygens (including phenoxy) is 2. The fourth-order valence-electron chi connectivity index (χ4n) is 2.52. The second-order valence-electron chi connectivity index (χ2n) is 6.05. The normalized spacial score (nSPS) is 11.0. The third kappa shape index (κ3) is 5.23. The number of thioether (sulfide) groups is 1. The van der Waals surface area contributed by atoms with Crippen LogP contribution in [0.5, 0.6) is 11.5 Å². The lowest BCUT2D eigenvalue weighted by molar-refractivity contribution is 0.269. The minimum Gasteiger partial charge on any atom is -0.490 e. The standard InChI is InChI=1S/C21H22N4O3S/c1-4-27-19-12-17(10-11-18(19)28-14-16-8-6-5-7-9-16)13-22-25-20(26)15(2)23-24-21(25)29-3/h5-13H,4,14H2,1-3H3/b22-13-. The quantitative estimate of drug-likeness (QED) is 0.418. The Hall–Kier alpha value is -3.13. The van der Waals surface area contributed by atoms with Crippen molar-refractivity contribution < 1.29 is 9.47 Å². The molecule has 0 amide bonds. The molecule has 0 saturated heterocycles. The fourth-order valence-corrected chi connectivity index (χ4v) is 2.95. The molecule has 0 spiro atoms. The Kier molecular flexibility index (Phi) is 7.02. The molecule has 0 bridgehead atoms. The summed E-state index contributed by atoms with van der Waals surface area (Å²) in [6.45, 7) is 4.48. The van der Waals surface area contributed by atoms with Crippen molar-refractivity contribution in [3.63, 3.8) is 0 Å². The van der Waals surface area contributed by atoms with Crippen molar-refractivity contribution >= 4 is 18.0 Å². The fraction of sp³-hybridized carbons (Fsp3) is 0.238. The maximum Gasteiger partial charge on any atom is 0.296 e. The summed E-state index contributed by atoms with van der Waals surface area (Å²) >= 11 is 1.30. The summed E-state index contributed by atoms with van der Waals surface area (Å²) in [5, 5.41) is 12.6. The molecule has 0 aliphatic rings. The van der Waals surface area contributed by atoms with Crippen molar-refractivity contribution in [2.75, 3.05) is 12.9 Å². The second kappa shape index (κ2) is 9.88. The van der Waals surface area contributed by atoms with Crippen LogP contribution in [0.2, 0.25) is 0 Å². The monoisotopic (exact) mass is 410 g/mol. The number of hydrogen-bond donors (Lipinski definition) is 0. The van der Waals surface area contributed by atoms with Crippen molar-refractivity contribution in [2.45, 2.75) is 25.6 Å². The summed E-state index contributed by atoms with van der Waals surface area (Å²) < 4.78 is 12.9. The van der Waals surface area contributed by atoms with Crippen molar-refractivity contribution in [1.82, 2.24) is 14.9 Å². The van der Waals surface area contributed by atoms with E-state index in [4.69, 9.17) is 9.47 Å². The van der Waals surface area contributed by atoms with E-state index >= 15 is 0 Å². The highest BCUT2D eigenvalue weighted by molar-refractivity contribution is 7.98. The summed E-state index contributed by atoms with van der Waals surface area (Å²) in [6.07, 6.45) is 3.41. The summed E-state index contributed by atoms with van der Waals surface area (Å²) in [5.41, 5.74) is 1.84. The molecule has 8 heteroatoms. The first-order valence-electron chi connectivity index (χ1n) is 9.10. The van der Waals surface area contributed by atoms with E-state index in [0.717, 1.165) is 11.1 Å². The molecule has 0 aliphatic carbocycles. The zero-order valence-corrected chi connectivity index (χ0v) is 17.3. The van der Waals surface area contributed by atoms with Crippen LogP contribution >= 0.6 is 11.8 Å². The van der Waals surface area contributed by atoms with Crippen molar-refractivity contribution in [3.05, 3.63) is 75.7 Å². The van der Waals surface area contributed by atoms with Gasteiger partial charge in [-0.3, -0.25) is 4.79 Å². The van der Waals surface area contributed by atoms with Crippen LogP contribution in [0, 0.1) is 6.92 Å². The number of aryl methyl sites for hydroxylation is 1. The van der Waals surface area contributed by atoms with E-state index < -0.39 is 0 Å². The highest BCUT2D eigenvalue weighted by atomic mass is 32.2. The Bertz CT molecular complexity index is 1050. The van der Waals surface area contributed by atoms with Crippen molar-refractivity contribution in [1.29, 1.82) is 0 Å². The molecule has 3 rings (SSSR count). The molecular weight excluding hydrogens is 388 g/mol. The van der Waals surface area contributed by atoms with E-state index in [-0.39, 0.29) is 5.56 Å². The first-order valence-corrected chi connectivity index (χ1v) is 10.3. The molecule has 150 valence electrons. The molecule has 7 nitrogen and oxygen atoms in total. The summed E-state index contributed by atoms with van der Waals surface area (Å²) in [4.78, 5) is 12.3. The van der Waals surface area contributed by atoms with E-state index in [1.165, 1.54) is 16.4 Å². The van der Waals surface area contributed by atoms with Gasteiger partial charge in [0.15, 0.2) is 11.5 Å². The van der Waals surface area contributed by atoms with E-state index in [0.29, 0.717) is 35.6 Å². The largest absolute Gasteiger partial charge is 0.490 e. The highest BCUT2D eigenvalue weighted by Crippen LogP contribution is 2.29. The van der Waals surface area contributed by atoms with E-state index in [1.54, 1.807) is 13.1 Å². The van der Waals surface area contributed by atoms with Crippen LogP contribution in [0.15, 0.2) is 63.6 Å². The predicted molar refractivity (Wildman–Crippen MR) is 114 cm³/mol. The Labute approximate surface area is 173 Å². The zero-order valence-electron chi connectivity index (χ0n) is 16.5. The van der Waals surface area contributed by atoms with Gasteiger partial charge in [-0.05, 0) is 49.4 Å². The van der Waals surface area contributed by atoms with Crippen molar-refractivity contribution in [2.24, 2.45) is 5.10 Å². The maximum atomic E-state index is 12.3. The van der Waals surface area contributed by atoms with E-state index in [1.807, 2.05) is 61.7 Å². The maximum absolute atomic E-state index is 12.3. The third-order valence-corrected chi connectivity index (χ3v) is 4.60. The lowest BCUT2D eigenvalue weighted by Crippen LogP contribution is -2.23. The predicted octanol–water partition coefficient (Wildman–Crippen LogP) is 3.53. The summed E-state index contributed by atoms with van der Waals surface area (Å²) in [7, 11) is 0. The van der Waals surface area contributed by atoms with Gasteiger partial charge >= 0.3 is 0 Å². The van der Waals surface area contributed by atoms with Gasteiger partial charge in [-0.2, -0.15) is 9.78 Å². The van der Waals surface area contributed by atoms with Crippen LogP contribution in [0.4, 0.5) is 0 Å². The molecule has 29 heavy (non-hydrogen) atoms. The van der Waals surface area contributed by atoms with Gasteiger partial charge in [-0.1, -0.05) is 42.1 Å². The SMILES string of the molecule is CCOc1cc(/C=N\n2c(SC)nnc(C)c2=O)ccc1OCc1ccccc1. The zero-order chi connectivity index (χ0) is 20.6. The van der Waals surface area contributed by atoms with Gasteiger partial charge in [0, 0.05) is 0 Å². The van der Waals surface area contributed by atoms with Gasteiger partial charge in [0.2, 0.25) is 5.16 Å². The topological polar surface area (TPSA) is 78.6 Å². The number of hydrogen-bond acceptors (Lipinski definition) is 7. The molecule has 2 aromatic carbocycles. The van der Waals surface area contributed by atoms with Gasteiger partial charge in [0.25, 0.3) is 5.56 Å².